The monoisotopic (exact) mass is 285 g/mol. The van der Waals surface area contributed by atoms with Crippen LogP contribution in [0.1, 0.15) is 18.4 Å². The van der Waals surface area contributed by atoms with Gasteiger partial charge in [0.1, 0.15) is 5.75 Å². The van der Waals surface area contributed by atoms with Crippen LogP contribution in [0.25, 0.3) is 0 Å². The van der Waals surface area contributed by atoms with E-state index >= 15 is 0 Å². The van der Waals surface area contributed by atoms with E-state index < -0.39 is 0 Å². The summed E-state index contributed by atoms with van der Waals surface area (Å²) < 4.78 is 11.2. The van der Waals surface area contributed by atoms with Gasteiger partial charge in [0.05, 0.1) is 12.3 Å². The standard InChI is InChI=1S/C18H23NO2/c19-17-11-4-5-12-18(17)21-15-7-14-20-13-6-10-16-8-2-1-3-9-16/h1-5,8-9,11-12H,6-7,10,13-15,19H2. The zero-order valence-electron chi connectivity index (χ0n) is 12.3. The summed E-state index contributed by atoms with van der Waals surface area (Å²) >= 11 is 0. The Bertz CT molecular complexity index is 514. The fourth-order valence-corrected chi connectivity index (χ4v) is 2.08. The number of hydrogen-bond donors (Lipinski definition) is 1. The Labute approximate surface area is 126 Å². The molecule has 0 heterocycles. The van der Waals surface area contributed by atoms with Crippen molar-refractivity contribution in [2.45, 2.75) is 19.3 Å². The number of para-hydroxylation sites is 2. The smallest absolute Gasteiger partial charge is 0.142 e. The van der Waals surface area contributed by atoms with Crippen LogP contribution < -0.4 is 10.5 Å². The third-order valence-corrected chi connectivity index (χ3v) is 3.21. The molecule has 0 saturated heterocycles. The molecule has 2 aromatic carbocycles. The third-order valence-electron chi connectivity index (χ3n) is 3.21. The quantitative estimate of drug-likeness (QED) is 0.564. The van der Waals surface area contributed by atoms with E-state index in [9.17, 15) is 0 Å². The molecule has 0 aromatic heterocycles. The van der Waals surface area contributed by atoms with Crippen LogP contribution >= 0.6 is 0 Å². The van der Waals surface area contributed by atoms with Gasteiger partial charge in [0.2, 0.25) is 0 Å². The largest absolute Gasteiger partial charge is 0.491 e. The Hall–Kier alpha value is -2.00. The Morgan fingerprint density at radius 2 is 1.48 bits per heavy atom. The van der Waals surface area contributed by atoms with Crippen LogP contribution in [-0.4, -0.2) is 19.8 Å². The Morgan fingerprint density at radius 1 is 0.762 bits per heavy atom. The number of rotatable bonds is 9. The zero-order chi connectivity index (χ0) is 14.8. The first-order valence-electron chi connectivity index (χ1n) is 7.45. The van der Waals surface area contributed by atoms with Gasteiger partial charge >= 0.3 is 0 Å². The van der Waals surface area contributed by atoms with Crippen molar-refractivity contribution in [3.8, 4) is 5.75 Å². The molecule has 21 heavy (non-hydrogen) atoms. The summed E-state index contributed by atoms with van der Waals surface area (Å²) in [4.78, 5) is 0. The van der Waals surface area contributed by atoms with Gasteiger partial charge in [-0.05, 0) is 30.5 Å². The maximum Gasteiger partial charge on any atom is 0.142 e. The molecule has 2 rings (SSSR count). The summed E-state index contributed by atoms with van der Waals surface area (Å²) in [5, 5.41) is 0. The first-order valence-corrected chi connectivity index (χ1v) is 7.45. The lowest BCUT2D eigenvalue weighted by molar-refractivity contribution is 0.117. The molecule has 0 unspecified atom stereocenters. The van der Waals surface area contributed by atoms with Crippen LogP contribution in [0.15, 0.2) is 54.6 Å². The minimum absolute atomic E-state index is 0.632. The first-order chi connectivity index (χ1) is 10.4. The van der Waals surface area contributed by atoms with Gasteiger partial charge < -0.3 is 15.2 Å². The lowest BCUT2D eigenvalue weighted by Gasteiger charge is -2.08. The minimum Gasteiger partial charge on any atom is -0.491 e. The summed E-state index contributed by atoms with van der Waals surface area (Å²) in [5.41, 5.74) is 7.85. The molecular formula is C18H23NO2. The highest BCUT2D eigenvalue weighted by molar-refractivity contribution is 5.51. The molecule has 0 saturated carbocycles. The molecule has 3 heteroatoms. The fraction of sp³-hybridized carbons (Fsp3) is 0.333. The Kier molecular flexibility index (Phi) is 6.62. The van der Waals surface area contributed by atoms with Crippen LogP contribution in [0, 0.1) is 0 Å². The van der Waals surface area contributed by atoms with Gasteiger partial charge in [-0.3, -0.25) is 0 Å². The second kappa shape index (κ2) is 9.03. The van der Waals surface area contributed by atoms with Crippen molar-refractivity contribution in [2.24, 2.45) is 0 Å². The third kappa shape index (κ3) is 5.88. The summed E-state index contributed by atoms with van der Waals surface area (Å²) in [6.45, 7) is 2.15. The predicted molar refractivity (Wildman–Crippen MR) is 86.5 cm³/mol. The average Bonchev–Trinajstić information content (AvgIpc) is 2.52. The van der Waals surface area contributed by atoms with Crippen LogP contribution in [0.3, 0.4) is 0 Å². The lowest BCUT2D eigenvalue weighted by atomic mass is 10.1. The number of aryl methyl sites for hydroxylation is 1. The lowest BCUT2D eigenvalue weighted by Crippen LogP contribution is -2.05. The second-order valence-electron chi connectivity index (χ2n) is 4.94. The highest BCUT2D eigenvalue weighted by Crippen LogP contribution is 2.19. The molecule has 0 fully saturated rings. The summed E-state index contributed by atoms with van der Waals surface area (Å²) in [6.07, 6.45) is 2.99. The highest BCUT2D eigenvalue weighted by atomic mass is 16.5. The Balaban J connectivity index is 1.48. The normalized spacial score (nSPS) is 10.5. The van der Waals surface area contributed by atoms with E-state index in [1.807, 2.05) is 30.3 Å². The zero-order valence-corrected chi connectivity index (χ0v) is 12.3. The van der Waals surface area contributed by atoms with Crippen molar-refractivity contribution in [1.29, 1.82) is 0 Å². The number of benzene rings is 2. The van der Waals surface area contributed by atoms with Crippen molar-refractivity contribution < 1.29 is 9.47 Å². The summed E-state index contributed by atoms with van der Waals surface area (Å²) in [7, 11) is 0. The fourth-order valence-electron chi connectivity index (χ4n) is 2.08. The van der Waals surface area contributed by atoms with Gasteiger partial charge in [-0.2, -0.15) is 0 Å². The van der Waals surface area contributed by atoms with Crippen molar-refractivity contribution in [2.75, 3.05) is 25.6 Å². The highest BCUT2D eigenvalue weighted by Gasteiger charge is 1.98. The van der Waals surface area contributed by atoms with E-state index in [0.29, 0.717) is 12.3 Å². The van der Waals surface area contributed by atoms with Crippen LogP contribution in [-0.2, 0) is 11.2 Å². The van der Waals surface area contributed by atoms with Crippen molar-refractivity contribution in [1.82, 2.24) is 0 Å². The molecule has 0 aliphatic heterocycles. The predicted octanol–water partition coefficient (Wildman–Crippen LogP) is 3.69. The van der Waals surface area contributed by atoms with Gasteiger partial charge in [0.15, 0.2) is 0 Å². The molecule has 0 radical (unpaired) electrons. The molecule has 0 amide bonds. The molecule has 0 aliphatic rings. The maximum atomic E-state index is 5.80. The van der Waals surface area contributed by atoms with E-state index in [2.05, 4.69) is 24.3 Å². The SMILES string of the molecule is Nc1ccccc1OCCCOCCCc1ccccc1. The molecule has 0 atom stereocenters. The molecular weight excluding hydrogens is 262 g/mol. The molecule has 0 spiro atoms. The number of nitrogen functional groups attached to an aromatic ring is 1. The molecule has 2 aromatic rings. The van der Waals surface area contributed by atoms with Gasteiger partial charge in [0, 0.05) is 19.6 Å². The van der Waals surface area contributed by atoms with E-state index in [1.165, 1.54) is 5.56 Å². The molecule has 2 N–H and O–H groups in total. The van der Waals surface area contributed by atoms with Crippen LogP contribution in [0.4, 0.5) is 5.69 Å². The Morgan fingerprint density at radius 3 is 2.29 bits per heavy atom. The molecule has 3 nitrogen and oxygen atoms in total. The summed E-state index contributed by atoms with van der Waals surface area (Å²) in [6, 6.07) is 18.0. The van der Waals surface area contributed by atoms with Crippen molar-refractivity contribution in [3.05, 3.63) is 60.2 Å². The minimum atomic E-state index is 0.632. The molecule has 112 valence electrons. The molecule has 0 aliphatic carbocycles. The van der Waals surface area contributed by atoms with E-state index in [4.69, 9.17) is 15.2 Å². The van der Waals surface area contributed by atoms with E-state index in [1.54, 1.807) is 0 Å². The van der Waals surface area contributed by atoms with Gasteiger partial charge in [0.25, 0.3) is 0 Å². The van der Waals surface area contributed by atoms with Crippen molar-refractivity contribution >= 4 is 5.69 Å². The summed E-state index contributed by atoms with van der Waals surface area (Å²) in [5.74, 6) is 0.751. The average molecular weight is 285 g/mol. The second-order valence-corrected chi connectivity index (χ2v) is 4.94. The van der Waals surface area contributed by atoms with E-state index in [-0.39, 0.29) is 0 Å². The molecule has 0 bridgehead atoms. The van der Waals surface area contributed by atoms with E-state index in [0.717, 1.165) is 38.2 Å². The van der Waals surface area contributed by atoms with Gasteiger partial charge in [-0.1, -0.05) is 42.5 Å². The van der Waals surface area contributed by atoms with Gasteiger partial charge in [-0.15, -0.1) is 0 Å². The van der Waals surface area contributed by atoms with Crippen LogP contribution in [0.5, 0.6) is 5.75 Å². The maximum absolute atomic E-state index is 5.80. The van der Waals surface area contributed by atoms with Gasteiger partial charge in [-0.25, -0.2) is 0 Å². The topological polar surface area (TPSA) is 44.5 Å². The van der Waals surface area contributed by atoms with Crippen molar-refractivity contribution in [3.63, 3.8) is 0 Å². The number of hydrogen-bond acceptors (Lipinski definition) is 3. The number of ether oxygens (including phenoxy) is 2. The number of anilines is 1. The number of nitrogens with two attached hydrogens (primary N) is 1. The van der Waals surface area contributed by atoms with Crippen LogP contribution in [0.2, 0.25) is 0 Å². The first kappa shape index (κ1) is 15.4.